The minimum absolute atomic E-state index is 0.110. The lowest BCUT2D eigenvalue weighted by Gasteiger charge is -1.94. The summed E-state index contributed by atoms with van der Waals surface area (Å²) in [6.07, 6.45) is 0. The Labute approximate surface area is 127 Å². The third-order valence-electron chi connectivity index (χ3n) is 1.06. The molecule has 0 aliphatic carbocycles. The van der Waals surface area contributed by atoms with E-state index in [1.165, 1.54) is 0 Å². The van der Waals surface area contributed by atoms with Gasteiger partial charge < -0.3 is 0 Å². The highest BCUT2D eigenvalue weighted by Crippen LogP contribution is 2.00. The van der Waals surface area contributed by atoms with Crippen LogP contribution in [0, 0.1) is 0 Å². The van der Waals surface area contributed by atoms with Gasteiger partial charge in [0.2, 0.25) is 0 Å². The molecule has 0 radical (unpaired) electrons. The number of hydrogen-bond donors (Lipinski definition) is 5. The van der Waals surface area contributed by atoms with Crippen molar-refractivity contribution in [3.05, 3.63) is 0 Å². The van der Waals surface area contributed by atoms with Crippen LogP contribution in [0.2, 0.25) is 0 Å². The number of thiol groups is 5. The molecule has 0 heterocycles. The Morgan fingerprint density at radius 3 is 1.35 bits per heavy atom. The Morgan fingerprint density at radius 2 is 1.00 bits per heavy atom. The molecule has 0 fully saturated rings. The lowest BCUT2D eigenvalue weighted by Crippen LogP contribution is -1.95. The molecule has 0 aliphatic rings. The van der Waals surface area contributed by atoms with Crippen molar-refractivity contribution >= 4 is 88.9 Å². The first kappa shape index (κ1) is 17.1. The van der Waals surface area contributed by atoms with Crippen molar-refractivity contribution in [2.45, 2.75) is 6.92 Å². The van der Waals surface area contributed by atoms with Crippen LogP contribution in [0.4, 0.5) is 0 Å². The van der Waals surface area contributed by atoms with E-state index < -0.39 is 0 Å². The van der Waals surface area contributed by atoms with E-state index >= 15 is 0 Å². The molecule has 0 aromatic heterocycles. The second-order valence-electron chi connectivity index (χ2n) is 2.42. The van der Waals surface area contributed by atoms with Gasteiger partial charge in [-0.1, -0.05) is 0 Å². The maximum Gasteiger partial charge on any atom is 0.189 e. The SMILES string of the molecule is CN=C(S)/N=C(S)/N=C(S)/N=C(\S)N=C(C)S. The summed E-state index contributed by atoms with van der Waals surface area (Å²) in [6, 6.07) is 0. The van der Waals surface area contributed by atoms with Gasteiger partial charge in [-0.25, -0.2) is 4.99 Å². The summed E-state index contributed by atoms with van der Waals surface area (Å²) in [5.41, 5.74) is 0. The van der Waals surface area contributed by atoms with Crippen LogP contribution in [0.15, 0.2) is 25.0 Å². The van der Waals surface area contributed by atoms with Crippen LogP contribution < -0.4 is 0 Å². The van der Waals surface area contributed by atoms with Gasteiger partial charge >= 0.3 is 0 Å². The number of hydrogen-bond acceptors (Lipinski definition) is 1. The van der Waals surface area contributed by atoms with Crippen LogP contribution in [0.1, 0.15) is 6.92 Å². The van der Waals surface area contributed by atoms with Crippen molar-refractivity contribution in [3.8, 4) is 0 Å². The second-order valence-corrected chi connectivity index (χ2v) is 4.67. The van der Waals surface area contributed by atoms with Crippen LogP contribution in [0.3, 0.4) is 0 Å². The summed E-state index contributed by atoms with van der Waals surface area (Å²) in [7, 11) is 1.55. The molecule has 0 N–H and O–H groups in total. The van der Waals surface area contributed by atoms with Crippen LogP contribution >= 0.6 is 63.1 Å². The molecular weight excluding hydrogens is 314 g/mol. The minimum Gasteiger partial charge on any atom is -0.264 e. The molecule has 0 aliphatic heterocycles. The van der Waals surface area contributed by atoms with Crippen LogP contribution in [-0.2, 0) is 0 Å². The zero-order chi connectivity index (χ0) is 13.4. The minimum atomic E-state index is 0.110. The summed E-state index contributed by atoms with van der Waals surface area (Å²) in [5.74, 6) is 0. The van der Waals surface area contributed by atoms with Crippen LogP contribution in [0.25, 0.3) is 0 Å². The van der Waals surface area contributed by atoms with Gasteiger partial charge in [-0.3, -0.25) is 4.99 Å². The number of rotatable bonds is 0. The highest BCUT2D eigenvalue weighted by molar-refractivity contribution is 8.00. The monoisotopic (exact) mass is 325 g/mol. The maximum absolute atomic E-state index is 4.01. The first-order chi connectivity index (χ1) is 7.85. The van der Waals surface area contributed by atoms with Crippen molar-refractivity contribution in [2.24, 2.45) is 25.0 Å². The number of amidine groups is 4. The van der Waals surface area contributed by atoms with Gasteiger partial charge in [-0.05, 0) is 6.92 Å². The molecule has 5 nitrogen and oxygen atoms in total. The van der Waals surface area contributed by atoms with Crippen molar-refractivity contribution in [3.63, 3.8) is 0 Å². The highest BCUT2D eigenvalue weighted by atomic mass is 32.1. The molecule has 0 spiro atoms. The summed E-state index contributed by atoms with van der Waals surface area (Å²) in [5, 5.41) is 1.19. The molecule has 0 aromatic carbocycles. The molecule has 0 atom stereocenters. The van der Waals surface area contributed by atoms with Crippen molar-refractivity contribution < 1.29 is 0 Å². The zero-order valence-corrected chi connectivity index (χ0v) is 13.4. The first-order valence-electron chi connectivity index (χ1n) is 4.08. The summed E-state index contributed by atoms with van der Waals surface area (Å²) in [4.78, 5) is 19.1. The van der Waals surface area contributed by atoms with Gasteiger partial charge in [-0.2, -0.15) is 15.0 Å². The normalized spacial score (nSPS) is 16.5. The molecule has 94 valence electrons. The molecule has 0 saturated heterocycles. The van der Waals surface area contributed by atoms with Gasteiger partial charge in [0.1, 0.15) is 0 Å². The third kappa shape index (κ3) is 9.77. The Bertz CT molecular complexity index is 418. The fourth-order valence-corrected chi connectivity index (χ4v) is 1.67. The van der Waals surface area contributed by atoms with E-state index in [2.05, 4.69) is 88.1 Å². The molecule has 0 amide bonds. The lowest BCUT2D eigenvalue weighted by molar-refractivity contribution is 1.43. The summed E-state index contributed by atoms with van der Waals surface area (Å²) >= 11 is 19.9. The van der Waals surface area contributed by atoms with E-state index in [1.807, 2.05) is 0 Å². The quantitative estimate of drug-likeness (QED) is 0.257. The van der Waals surface area contributed by atoms with Gasteiger partial charge in [0.25, 0.3) is 0 Å². The summed E-state index contributed by atoms with van der Waals surface area (Å²) in [6.45, 7) is 1.70. The predicted molar refractivity (Wildman–Crippen MR) is 93.7 cm³/mol. The molecule has 0 aromatic rings. The molecule has 0 rings (SSSR count). The highest BCUT2D eigenvalue weighted by Gasteiger charge is 1.96. The van der Waals surface area contributed by atoms with Gasteiger partial charge in [-0.15, -0.1) is 63.1 Å². The van der Waals surface area contributed by atoms with Crippen molar-refractivity contribution in [1.29, 1.82) is 0 Å². The first-order valence-corrected chi connectivity index (χ1v) is 6.31. The Kier molecular flexibility index (Phi) is 9.14. The molecule has 10 heteroatoms. The lowest BCUT2D eigenvalue weighted by atomic mass is 10.9. The van der Waals surface area contributed by atoms with E-state index in [9.17, 15) is 0 Å². The third-order valence-corrected chi connectivity index (χ3v) is 2.06. The van der Waals surface area contributed by atoms with E-state index in [1.54, 1.807) is 14.0 Å². The molecule has 0 unspecified atom stereocenters. The van der Waals surface area contributed by atoms with E-state index in [4.69, 9.17) is 0 Å². The number of aliphatic imine (C=N–C) groups is 5. The van der Waals surface area contributed by atoms with E-state index in [0.717, 1.165) is 0 Å². The smallest absolute Gasteiger partial charge is 0.189 e. The predicted octanol–water partition coefficient (Wildman–Crippen LogP) is 2.11. The van der Waals surface area contributed by atoms with Gasteiger partial charge in [0.15, 0.2) is 20.7 Å². The van der Waals surface area contributed by atoms with E-state index in [0.29, 0.717) is 5.04 Å². The molecule has 0 saturated carbocycles. The van der Waals surface area contributed by atoms with Crippen LogP contribution in [-0.4, -0.2) is 32.8 Å². The summed E-state index contributed by atoms with van der Waals surface area (Å²) < 4.78 is 0. The zero-order valence-electron chi connectivity index (χ0n) is 8.97. The van der Waals surface area contributed by atoms with Crippen molar-refractivity contribution in [1.82, 2.24) is 0 Å². The fraction of sp³-hybridized carbons (Fsp3) is 0.286. The largest absolute Gasteiger partial charge is 0.264 e. The average molecular weight is 326 g/mol. The topological polar surface area (TPSA) is 61.8 Å². The Balaban J connectivity index is 4.89. The second kappa shape index (κ2) is 9.09. The molecule has 17 heavy (non-hydrogen) atoms. The van der Waals surface area contributed by atoms with Crippen molar-refractivity contribution in [2.75, 3.05) is 7.05 Å². The maximum atomic E-state index is 4.01. The fourth-order valence-electron chi connectivity index (χ4n) is 0.538. The Morgan fingerprint density at radius 1 is 0.647 bits per heavy atom. The van der Waals surface area contributed by atoms with Crippen LogP contribution in [0.5, 0.6) is 0 Å². The number of nitrogens with zero attached hydrogens (tertiary/aromatic N) is 5. The van der Waals surface area contributed by atoms with Gasteiger partial charge in [0, 0.05) is 7.05 Å². The van der Waals surface area contributed by atoms with Gasteiger partial charge in [0.05, 0.1) is 5.04 Å². The Hall–Kier alpha value is 0.1000. The van der Waals surface area contributed by atoms with E-state index in [-0.39, 0.29) is 20.7 Å². The standard InChI is InChI=1S/C7H11N5S5/c1-3(13)9-5(15)11-7(17)12-6(16)10-4(14)8-2/h1-2H3,(H5,8,9,10,11,12,13,14,15,16,17). The molecular formula is C7H11N5S5. The average Bonchev–Trinajstić information content (AvgIpc) is 2.14. The molecule has 0 bridgehead atoms.